The van der Waals surface area contributed by atoms with Crippen LogP contribution in [0.15, 0.2) is 0 Å². The highest BCUT2D eigenvalue weighted by Gasteiger charge is 2.25. The van der Waals surface area contributed by atoms with E-state index in [0.29, 0.717) is 0 Å². The first-order chi connectivity index (χ1) is 7.42. The molecule has 0 aromatic heterocycles. The largest absolute Gasteiger partial charge is 0.444 e. The minimum atomic E-state index is -0.391. The highest BCUT2D eigenvalue weighted by atomic mass is 16.6. The number of hydrogen-bond acceptors (Lipinski definition) is 3. The molecule has 0 spiro atoms. The van der Waals surface area contributed by atoms with E-state index in [1.165, 1.54) is 6.42 Å². The smallest absolute Gasteiger partial charge is 0.410 e. The fraction of sp³-hybridized carbons (Fsp3) is 0.917. The van der Waals surface area contributed by atoms with Gasteiger partial charge in [0, 0.05) is 26.2 Å². The summed E-state index contributed by atoms with van der Waals surface area (Å²) < 4.78 is 5.34. The van der Waals surface area contributed by atoms with E-state index in [4.69, 9.17) is 4.74 Å². The van der Waals surface area contributed by atoms with Crippen molar-refractivity contribution in [1.82, 2.24) is 9.80 Å². The topological polar surface area (TPSA) is 32.8 Å². The molecule has 16 heavy (non-hydrogen) atoms. The molecule has 1 amide bonds. The summed E-state index contributed by atoms with van der Waals surface area (Å²) in [6.45, 7) is 12.5. The molecule has 0 aromatic rings. The third-order valence-electron chi connectivity index (χ3n) is 2.56. The van der Waals surface area contributed by atoms with Gasteiger partial charge < -0.3 is 9.64 Å². The fourth-order valence-electron chi connectivity index (χ4n) is 1.80. The first-order valence-corrected chi connectivity index (χ1v) is 6.12. The second-order valence-electron chi connectivity index (χ2n) is 5.31. The molecule has 0 atom stereocenters. The molecular formula is C12H24N2O2. The maximum absolute atomic E-state index is 11.8. The van der Waals surface area contributed by atoms with Gasteiger partial charge in [-0.2, -0.15) is 0 Å². The van der Waals surface area contributed by atoms with Crippen molar-refractivity contribution in [2.45, 2.75) is 39.7 Å². The van der Waals surface area contributed by atoms with E-state index in [9.17, 15) is 4.79 Å². The molecule has 1 saturated heterocycles. The summed E-state index contributed by atoms with van der Waals surface area (Å²) >= 11 is 0. The summed E-state index contributed by atoms with van der Waals surface area (Å²) in [5.74, 6) is 0. The molecule has 1 rings (SSSR count). The average molecular weight is 228 g/mol. The van der Waals surface area contributed by atoms with Crippen LogP contribution in [0.2, 0.25) is 0 Å². The van der Waals surface area contributed by atoms with E-state index in [1.807, 2.05) is 20.8 Å². The van der Waals surface area contributed by atoms with Gasteiger partial charge in [-0.15, -0.1) is 0 Å². The quantitative estimate of drug-likeness (QED) is 0.724. The summed E-state index contributed by atoms with van der Waals surface area (Å²) in [7, 11) is 0. The van der Waals surface area contributed by atoms with Crippen molar-refractivity contribution in [3.63, 3.8) is 0 Å². The van der Waals surface area contributed by atoms with Crippen molar-refractivity contribution in [2.75, 3.05) is 32.7 Å². The maximum atomic E-state index is 11.8. The van der Waals surface area contributed by atoms with Gasteiger partial charge in [0.2, 0.25) is 0 Å². The van der Waals surface area contributed by atoms with Gasteiger partial charge in [-0.3, -0.25) is 4.90 Å². The number of carbonyl (C=O) groups is 1. The van der Waals surface area contributed by atoms with Gasteiger partial charge in [0.05, 0.1) is 0 Å². The lowest BCUT2D eigenvalue weighted by molar-refractivity contribution is 0.0145. The summed E-state index contributed by atoms with van der Waals surface area (Å²) in [5.41, 5.74) is -0.391. The minimum Gasteiger partial charge on any atom is -0.444 e. The number of rotatable bonds is 2. The summed E-state index contributed by atoms with van der Waals surface area (Å²) in [4.78, 5) is 16.0. The van der Waals surface area contributed by atoms with Crippen LogP contribution in [0.25, 0.3) is 0 Å². The molecular weight excluding hydrogens is 204 g/mol. The van der Waals surface area contributed by atoms with E-state index in [1.54, 1.807) is 4.90 Å². The van der Waals surface area contributed by atoms with Crippen molar-refractivity contribution in [1.29, 1.82) is 0 Å². The second-order valence-corrected chi connectivity index (χ2v) is 5.31. The van der Waals surface area contributed by atoms with Crippen LogP contribution in [0.1, 0.15) is 34.1 Å². The van der Waals surface area contributed by atoms with Crippen molar-refractivity contribution < 1.29 is 9.53 Å². The third kappa shape index (κ3) is 4.39. The Balaban J connectivity index is 2.33. The molecule has 0 saturated carbocycles. The number of ether oxygens (including phenoxy) is 1. The lowest BCUT2D eigenvalue weighted by Gasteiger charge is -2.35. The predicted octanol–water partition coefficient (Wildman–Crippen LogP) is 1.95. The normalized spacial score (nSPS) is 18.6. The van der Waals surface area contributed by atoms with Crippen LogP contribution in [-0.4, -0.2) is 54.2 Å². The molecule has 4 heteroatoms. The Morgan fingerprint density at radius 2 is 1.75 bits per heavy atom. The molecule has 1 aliphatic rings. The maximum Gasteiger partial charge on any atom is 0.410 e. The van der Waals surface area contributed by atoms with E-state index in [-0.39, 0.29) is 6.09 Å². The SMILES string of the molecule is CCCN1CCN(C(=O)OC(C)(C)C)CC1. The van der Waals surface area contributed by atoms with Crippen LogP contribution in [0.3, 0.4) is 0 Å². The zero-order valence-electron chi connectivity index (χ0n) is 11.0. The van der Waals surface area contributed by atoms with Crippen LogP contribution >= 0.6 is 0 Å². The number of carbonyl (C=O) groups excluding carboxylic acids is 1. The lowest BCUT2D eigenvalue weighted by Crippen LogP contribution is -2.50. The Morgan fingerprint density at radius 1 is 1.19 bits per heavy atom. The highest BCUT2D eigenvalue weighted by molar-refractivity contribution is 5.68. The monoisotopic (exact) mass is 228 g/mol. The molecule has 1 heterocycles. The Kier molecular flexibility index (Phi) is 4.59. The molecule has 1 aliphatic heterocycles. The first-order valence-electron chi connectivity index (χ1n) is 6.12. The Morgan fingerprint density at radius 3 is 2.19 bits per heavy atom. The average Bonchev–Trinajstić information content (AvgIpc) is 2.16. The van der Waals surface area contributed by atoms with Gasteiger partial charge in [-0.05, 0) is 33.7 Å². The molecule has 0 N–H and O–H groups in total. The van der Waals surface area contributed by atoms with Crippen LogP contribution in [0.5, 0.6) is 0 Å². The molecule has 0 aliphatic carbocycles. The van der Waals surface area contributed by atoms with Gasteiger partial charge in [-0.1, -0.05) is 6.92 Å². The fourth-order valence-corrected chi connectivity index (χ4v) is 1.80. The molecule has 94 valence electrons. The van der Waals surface area contributed by atoms with Crippen molar-refractivity contribution in [3.05, 3.63) is 0 Å². The predicted molar refractivity (Wildman–Crippen MR) is 64.5 cm³/mol. The van der Waals surface area contributed by atoms with E-state index in [0.717, 1.165) is 32.7 Å². The van der Waals surface area contributed by atoms with Crippen molar-refractivity contribution in [2.24, 2.45) is 0 Å². The van der Waals surface area contributed by atoms with Gasteiger partial charge >= 0.3 is 6.09 Å². The van der Waals surface area contributed by atoms with E-state index < -0.39 is 5.60 Å². The van der Waals surface area contributed by atoms with Crippen LogP contribution in [-0.2, 0) is 4.74 Å². The van der Waals surface area contributed by atoms with Crippen LogP contribution < -0.4 is 0 Å². The zero-order chi connectivity index (χ0) is 12.2. The molecule has 0 radical (unpaired) electrons. The molecule has 4 nitrogen and oxygen atoms in total. The Bertz CT molecular complexity index is 228. The molecule has 1 fully saturated rings. The van der Waals surface area contributed by atoms with Crippen molar-refractivity contribution in [3.8, 4) is 0 Å². The number of piperazine rings is 1. The lowest BCUT2D eigenvalue weighted by atomic mass is 10.2. The van der Waals surface area contributed by atoms with E-state index in [2.05, 4.69) is 11.8 Å². The number of nitrogens with zero attached hydrogens (tertiary/aromatic N) is 2. The third-order valence-corrected chi connectivity index (χ3v) is 2.56. The summed E-state index contributed by atoms with van der Waals surface area (Å²) in [6, 6.07) is 0. The summed E-state index contributed by atoms with van der Waals surface area (Å²) in [5, 5.41) is 0. The number of hydrogen-bond donors (Lipinski definition) is 0. The van der Waals surface area contributed by atoms with Crippen molar-refractivity contribution >= 4 is 6.09 Å². The molecule has 0 bridgehead atoms. The van der Waals surface area contributed by atoms with Crippen LogP contribution in [0, 0.1) is 0 Å². The van der Waals surface area contributed by atoms with Gasteiger partial charge in [0.25, 0.3) is 0 Å². The first kappa shape index (κ1) is 13.3. The summed E-state index contributed by atoms with van der Waals surface area (Å²) in [6.07, 6.45) is 0.996. The minimum absolute atomic E-state index is 0.177. The van der Waals surface area contributed by atoms with Gasteiger partial charge in [0.1, 0.15) is 5.60 Å². The number of amides is 1. The standard InChI is InChI=1S/C12H24N2O2/c1-5-6-13-7-9-14(10-8-13)11(15)16-12(2,3)4/h5-10H2,1-4H3. The van der Waals surface area contributed by atoms with Gasteiger partial charge in [-0.25, -0.2) is 4.79 Å². The molecule has 0 unspecified atom stereocenters. The van der Waals surface area contributed by atoms with Gasteiger partial charge in [0.15, 0.2) is 0 Å². The highest BCUT2D eigenvalue weighted by Crippen LogP contribution is 2.11. The Labute approximate surface area is 98.5 Å². The zero-order valence-corrected chi connectivity index (χ0v) is 11.0. The molecule has 0 aromatic carbocycles. The Hall–Kier alpha value is -0.770. The van der Waals surface area contributed by atoms with Crippen LogP contribution in [0.4, 0.5) is 4.79 Å². The van der Waals surface area contributed by atoms with E-state index >= 15 is 0 Å². The second kappa shape index (κ2) is 5.53.